The van der Waals surface area contributed by atoms with Crippen LogP contribution in [0.4, 0.5) is 0 Å². The molecule has 1 aromatic heterocycles. The summed E-state index contributed by atoms with van der Waals surface area (Å²) in [5, 5.41) is 16.5. The van der Waals surface area contributed by atoms with Crippen molar-refractivity contribution in [3.63, 3.8) is 0 Å². The van der Waals surface area contributed by atoms with E-state index in [1.807, 2.05) is 29.9 Å². The molecule has 1 aromatic carbocycles. The molecule has 2 rings (SSSR count). The molecule has 2 unspecified atom stereocenters. The van der Waals surface area contributed by atoms with Crippen LogP contribution in [0.1, 0.15) is 31.0 Å². The molecule has 0 bridgehead atoms. The van der Waals surface area contributed by atoms with Crippen LogP contribution in [-0.4, -0.2) is 29.0 Å². The van der Waals surface area contributed by atoms with E-state index in [2.05, 4.69) is 36.5 Å². The number of nitrogens with one attached hydrogen (secondary N) is 1. The molecule has 5 nitrogen and oxygen atoms in total. The summed E-state index contributed by atoms with van der Waals surface area (Å²) >= 11 is 0. The van der Waals surface area contributed by atoms with Gasteiger partial charge in [-0.05, 0) is 50.6 Å². The van der Waals surface area contributed by atoms with E-state index in [-0.39, 0.29) is 6.04 Å². The Hall–Kier alpha value is -2.32. The van der Waals surface area contributed by atoms with E-state index < -0.39 is 0 Å². The predicted molar refractivity (Wildman–Crippen MR) is 85.8 cm³/mol. The summed E-state index contributed by atoms with van der Waals surface area (Å²) in [5.41, 5.74) is 1.81. The molecule has 1 N–H and O–H groups in total. The Labute approximate surface area is 131 Å². The van der Waals surface area contributed by atoms with Crippen molar-refractivity contribution >= 4 is 0 Å². The number of nitrogens with zero attached hydrogens (tertiary/aromatic N) is 3. The topological polar surface area (TPSA) is 62.9 Å². The molecular formula is C17H22N4O. The third-order valence-corrected chi connectivity index (χ3v) is 3.69. The lowest BCUT2D eigenvalue weighted by molar-refractivity contribution is 0.289. The first-order valence-electron chi connectivity index (χ1n) is 7.47. The van der Waals surface area contributed by atoms with Gasteiger partial charge in [0.2, 0.25) is 0 Å². The maximum absolute atomic E-state index is 8.74. The van der Waals surface area contributed by atoms with Crippen LogP contribution in [-0.2, 0) is 0 Å². The second-order valence-corrected chi connectivity index (χ2v) is 5.47. The summed E-state index contributed by atoms with van der Waals surface area (Å²) in [4.78, 5) is 0. The van der Waals surface area contributed by atoms with Crippen LogP contribution < -0.4 is 10.1 Å². The van der Waals surface area contributed by atoms with E-state index in [4.69, 9.17) is 10.00 Å². The fourth-order valence-electron chi connectivity index (χ4n) is 2.14. The van der Waals surface area contributed by atoms with Crippen molar-refractivity contribution in [1.29, 1.82) is 5.26 Å². The lowest BCUT2D eigenvalue weighted by Crippen LogP contribution is -2.36. The molecule has 0 saturated heterocycles. The van der Waals surface area contributed by atoms with Gasteiger partial charge in [-0.3, -0.25) is 4.68 Å². The van der Waals surface area contributed by atoms with E-state index in [1.54, 1.807) is 12.1 Å². The van der Waals surface area contributed by atoms with Crippen LogP contribution in [0.5, 0.6) is 5.75 Å². The zero-order valence-electron chi connectivity index (χ0n) is 13.3. The fraction of sp³-hybridized carbons (Fsp3) is 0.412. The lowest BCUT2D eigenvalue weighted by Gasteiger charge is -2.21. The number of aromatic nitrogens is 2. The molecular weight excluding hydrogens is 276 g/mol. The minimum absolute atomic E-state index is 0.281. The van der Waals surface area contributed by atoms with Gasteiger partial charge in [0.05, 0.1) is 23.9 Å². The van der Waals surface area contributed by atoms with Gasteiger partial charge in [0.15, 0.2) is 0 Å². The van der Waals surface area contributed by atoms with E-state index in [0.717, 1.165) is 12.3 Å². The molecule has 0 aliphatic rings. The Balaban J connectivity index is 1.72. The van der Waals surface area contributed by atoms with Crippen molar-refractivity contribution in [1.82, 2.24) is 15.1 Å². The molecule has 1 heterocycles. The van der Waals surface area contributed by atoms with Gasteiger partial charge in [0.25, 0.3) is 0 Å². The molecule has 0 spiro atoms. The largest absolute Gasteiger partial charge is 0.492 e. The van der Waals surface area contributed by atoms with E-state index in [0.29, 0.717) is 18.2 Å². The van der Waals surface area contributed by atoms with E-state index in [1.165, 1.54) is 5.56 Å². The standard InChI is InChI=1S/C17H22N4O/c1-13-11-20-21(12-13)15(3)14(2)19-8-9-22-17-6-4-16(10-18)5-7-17/h4-7,11-12,14-15,19H,8-9H2,1-3H3. The Kier molecular flexibility index (Phi) is 5.56. The minimum Gasteiger partial charge on any atom is -0.492 e. The highest BCUT2D eigenvalue weighted by Crippen LogP contribution is 2.12. The fourth-order valence-corrected chi connectivity index (χ4v) is 2.14. The number of hydrogen-bond donors (Lipinski definition) is 1. The first kappa shape index (κ1) is 16.1. The summed E-state index contributed by atoms with van der Waals surface area (Å²) in [6.45, 7) is 7.67. The van der Waals surface area contributed by atoms with Gasteiger partial charge in [0.1, 0.15) is 12.4 Å². The van der Waals surface area contributed by atoms with Crippen LogP contribution in [0.25, 0.3) is 0 Å². The highest BCUT2D eigenvalue weighted by atomic mass is 16.5. The summed E-state index contributed by atoms with van der Waals surface area (Å²) in [7, 11) is 0. The van der Waals surface area contributed by atoms with Crippen LogP contribution in [0.15, 0.2) is 36.7 Å². The second kappa shape index (κ2) is 7.62. The van der Waals surface area contributed by atoms with Crippen molar-refractivity contribution in [2.45, 2.75) is 32.9 Å². The molecule has 5 heteroatoms. The molecule has 2 aromatic rings. The Bertz CT molecular complexity index is 627. The monoisotopic (exact) mass is 298 g/mol. The van der Waals surface area contributed by atoms with Crippen LogP contribution >= 0.6 is 0 Å². The molecule has 22 heavy (non-hydrogen) atoms. The summed E-state index contributed by atoms with van der Waals surface area (Å²) in [5.74, 6) is 0.782. The van der Waals surface area contributed by atoms with Crippen LogP contribution in [0, 0.1) is 18.3 Å². The van der Waals surface area contributed by atoms with Crippen LogP contribution in [0.2, 0.25) is 0 Å². The number of ether oxygens (including phenoxy) is 1. The van der Waals surface area contributed by atoms with Crippen molar-refractivity contribution in [2.75, 3.05) is 13.2 Å². The van der Waals surface area contributed by atoms with Gasteiger partial charge < -0.3 is 10.1 Å². The Morgan fingerprint density at radius 2 is 2.05 bits per heavy atom. The molecule has 116 valence electrons. The van der Waals surface area contributed by atoms with Gasteiger partial charge >= 0.3 is 0 Å². The second-order valence-electron chi connectivity index (χ2n) is 5.47. The maximum atomic E-state index is 8.74. The lowest BCUT2D eigenvalue weighted by atomic mass is 10.2. The van der Waals surface area contributed by atoms with Crippen molar-refractivity contribution in [2.24, 2.45) is 0 Å². The Morgan fingerprint density at radius 3 is 2.64 bits per heavy atom. The third kappa shape index (κ3) is 4.34. The normalized spacial score (nSPS) is 13.4. The smallest absolute Gasteiger partial charge is 0.119 e. The molecule has 0 aliphatic carbocycles. The molecule has 0 saturated carbocycles. The summed E-state index contributed by atoms with van der Waals surface area (Å²) in [6, 6.07) is 9.81. The van der Waals surface area contributed by atoms with E-state index >= 15 is 0 Å². The zero-order chi connectivity index (χ0) is 15.9. The number of rotatable bonds is 7. The summed E-state index contributed by atoms with van der Waals surface area (Å²) in [6.07, 6.45) is 3.92. The van der Waals surface area contributed by atoms with Crippen molar-refractivity contribution in [3.05, 3.63) is 47.8 Å². The number of nitriles is 1. The third-order valence-electron chi connectivity index (χ3n) is 3.69. The van der Waals surface area contributed by atoms with Gasteiger partial charge in [-0.1, -0.05) is 0 Å². The highest BCUT2D eigenvalue weighted by Gasteiger charge is 2.13. The zero-order valence-corrected chi connectivity index (χ0v) is 13.3. The number of benzene rings is 1. The first-order chi connectivity index (χ1) is 10.6. The highest BCUT2D eigenvalue weighted by molar-refractivity contribution is 5.34. The maximum Gasteiger partial charge on any atom is 0.119 e. The van der Waals surface area contributed by atoms with Gasteiger partial charge in [0, 0.05) is 18.8 Å². The molecule has 0 fully saturated rings. The molecule has 2 atom stereocenters. The van der Waals surface area contributed by atoms with E-state index in [9.17, 15) is 0 Å². The molecule has 0 amide bonds. The Morgan fingerprint density at radius 1 is 1.32 bits per heavy atom. The number of hydrogen-bond acceptors (Lipinski definition) is 4. The molecule has 0 aliphatic heterocycles. The van der Waals surface area contributed by atoms with Crippen molar-refractivity contribution in [3.8, 4) is 11.8 Å². The number of aryl methyl sites for hydroxylation is 1. The average molecular weight is 298 g/mol. The predicted octanol–water partition coefficient (Wildman–Crippen LogP) is 2.68. The van der Waals surface area contributed by atoms with Gasteiger partial charge in [-0.2, -0.15) is 10.4 Å². The minimum atomic E-state index is 0.281. The quantitative estimate of drug-likeness (QED) is 0.798. The summed E-state index contributed by atoms with van der Waals surface area (Å²) < 4.78 is 7.63. The first-order valence-corrected chi connectivity index (χ1v) is 7.47. The van der Waals surface area contributed by atoms with Gasteiger partial charge in [-0.15, -0.1) is 0 Å². The average Bonchev–Trinajstić information content (AvgIpc) is 2.97. The molecule has 0 radical (unpaired) electrons. The van der Waals surface area contributed by atoms with Crippen molar-refractivity contribution < 1.29 is 4.74 Å². The SMILES string of the molecule is Cc1cnn(C(C)C(C)NCCOc2ccc(C#N)cc2)c1. The van der Waals surface area contributed by atoms with Gasteiger partial charge in [-0.25, -0.2) is 0 Å². The van der Waals surface area contributed by atoms with Crippen LogP contribution in [0.3, 0.4) is 0 Å².